The molecule has 125 heavy (non-hydrogen) atoms. The molecule has 3 aromatic carbocycles. The fourth-order valence-corrected chi connectivity index (χ4v) is 16.2. The van der Waals surface area contributed by atoms with Gasteiger partial charge in [-0.1, -0.05) is 88.3 Å². The molecule has 27 nitrogen and oxygen atoms in total. The van der Waals surface area contributed by atoms with Gasteiger partial charge in [-0.2, -0.15) is 0 Å². The van der Waals surface area contributed by atoms with Gasteiger partial charge in [-0.15, -0.1) is 0 Å². The summed E-state index contributed by atoms with van der Waals surface area (Å²) in [7, 11) is 1.16. The van der Waals surface area contributed by atoms with Gasteiger partial charge in [0.2, 0.25) is 0 Å². The number of aromatic nitrogens is 15. The number of nitrogens with zero attached hydrogens (tertiary/aromatic N) is 15. The number of fused-ring (bicyclic) bond motifs is 3. The predicted molar refractivity (Wildman–Crippen MR) is 477 cm³/mol. The Morgan fingerprint density at radius 2 is 0.664 bits per heavy atom. The predicted octanol–water partition coefficient (Wildman–Crippen LogP) is 14.1. The fourth-order valence-electron chi connectivity index (χ4n) is 15.5. The number of carboxylic acids is 1. The first-order valence-electron chi connectivity index (χ1n) is 39.0. The van der Waals surface area contributed by atoms with Crippen molar-refractivity contribution in [1.29, 1.82) is 0 Å². The molecule has 0 saturated heterocycles. The molecule has 0 spiro atoms. The molecule has 30 heteroatoms. The van der Waals surface area contributed by atoms with Crippen molar-refractivity contribution in [1.82, 2.24) is 74.0 Å². The number of aromatic carboxylic acids is 1. The van der Waals surface area contributed by atoms with Crippen LogP contribution >= 0.6 is 22.6 Å². The van der Waals surface area contributed by atoms with Gasteiger partial charge in [0.05, 0.1) is 113 Å². The van der Waals surface area contributed by atoms with Gasteiger partial charge in [-0.05, 0) is 229 Å². The van der Waals surface area contributed by atoms with Crippen LogP contribution in [0.1, 0.15) is 120 Å². The Morgan fingerprint density at radius 3 is 0.928 bits per heavy atom. The molecule has 620 valence electrons. The van der Waals surface area contributed by atoms with Crippen molar-refractivity contribution in [3.8, 4) is 55.6 Å². The third kappa shape index (κ3) is 17.3. The number of carbonyl (C=O) groups excluding carboxylic acids is 2. The average molecular weight is 1770 g/mol. The first-order valence-corrected chi connectivity index (χ1v) is 40.1. The minimum Gasteiger partial charge on any atom is -0.870 e. The average Bonchev–Trinajstić information content (AvgIpc) is 1.54. The number of ether oxygens (including phenoxy) is 2. The van der Waals surface area contributed by atoms with E-state index < -0.39 is 35.7 Å². The van der Waals surface area contributed by atoms with Gasteiger partial charge in [0, 0.05) is 119 Å². The van der Waals surface area contributed by atoms with Crippen molar-refractivity contribution in [3.05, 3.63) is 363 Å². The van der Waals surface area contributed by atoms with E-state index in [1.165, 1.54) is 38.5 Å². The Hall–Kier alpha value is -14.1. The first kappa shape index (κ1) is 88.7. The molecule has 0 aliphatic carbocycles. The molecule has 0 atom stereocenters. The minimum atomic E-state index is -1.51. The van der Waals surface area contributed by atoms with Crippen LogP contribution in [0, 0.1) is 45.1 Å². The molecule has 0 unspecified atom stereocenters. The molecule has 18 aromatic rings. The number of aryl methyl sites for hydroxylation is 6. The largest absolute Gasteiger partial charge is 1.00 e. The molecule has 0 bridgehead atoms. The van der Waals surface area contributed by atoms with Crippen molar-refractivity contribution in [2.24, 2.45) is 0 Å². The SMILES string of the molecule is COC(=O)c1ccc(-c2cn(C(C)(c3ccccn3)c3ccccn3)c3cc(-c4c(C)noc4C)cnc23)cc1.COC(=O)c1ccc(B(O)O)cc1.Cc1noc(C)c1-c1cnc2c(-c3ccc(C(=O)O)cc3)cn(C(C)(c3ccccn3)c3ccccn3)c2c1.Cc1noc(C)c1-c1cnc2c(I)cn(C(C)(c3ccccn3)c3ccccn3)c2c1.[Li+].[OH-]. The molecule has 0 radical (unpaired) electrons. The van der Waals surface area contributed by atoms with Crippen LogP contribution in [-0.4, -0.2) is 134 Å². The van der Waals surface area contributed by atoms with Gasteiger partial charge in [-0.3, -0.25) is 44.9 Å². The van der Waals surface area contributed by atoms with Crippen molar-refractivity contribution < 1.29 is 76.9 Å². The third-order valence-electron chi connectivity index (χ3n) is 22.0. The van der Waals surface area contributed by atoms with Gasteiger partial charge in [0.1, 0.15) is 39.4 Å². The Balaban J connectivity index is 0.000000150. The Morgan fingerprint density at radius 1 is 0.384 bits per heavy atom. The van der Waals surface area contributed by atoms with E-state index in [-0.39, 0.29) is 35.9 Å². The first-order chi connectivity index (χ1) is 59.4. The molecule has 0 saturated carbocycles. The molecule has 0 amide bonds. The summed E-state index contributed by atoms with van der Waals surface area (Å²) in [5, 5.41) is 39.3. The fraction of sp³-hybridized carbons (Fsp3) is 0.147. The number of methoxy groups -OCH3 is 2. The normalized spacial score (nSPS) is 11.3. The number of carbonyl (C=O) groups is 3. The van der Waals surface area contributed by atoms with E-state index in [9.17, 15) is 19.5 Å². The zero-order chi connectivity index (χ0) is 86.4. The summed E-state index contributed by atoms with van der Waals surface area (Å²) < 4.78 is 33.3. The van der Waals surface area contributed by atoms with E-state index in [1.807, 2.05) is 212 Å². The summed E-state index contributed by atoms with van der Waals surface area (Å²) in [6.07, 6.45) is 22.6. The van der Waals surface area contributed by atoms with Crippen LogP contribution < -0.4 is 24.3 Å². The number of esters is 2. The van der Waals surface area contributed by atoms with E-state index in [0.717, 1.165) is 155 Å². The standard InChI is InChI=1S/C32H27N5O3.C31H25N5O3.C24H20IN5O.C8H9BO4.Li.H2O/c1-20-29(21(2)40-36-20)24-17-26-30(35-18-24)25(22-11-13-23(14-12-22)31(38)39-4)19-37(26)32(3,27-9-5-7-15-33-27)28-10-6-8-16-34-28;1-19-28(20(2)39-35-19)23-16-25-29(34-17-23)24(21-10-12-22(13-11-21)30(37)38)18-36(25)31(3,26-8-4-6-14-32-26)27-9-5-7-15-33-27;1-15-22(16(2)31-29-15)17-12-19-23(28-13-17)18(25)14-30(19)24(3,20-8-4-6-10-26-20)21-9-5-7-11-27-21;1-13-8(10)6-2-4-7(5-3-6)9(11)12;;/h5-19H,1-4H3;4-18H,1-3H3,(H,37,38);4-14H,1-3H3;2-5,11-12H,1H3;;1H2/q;;;;+1;/p-1. The van der Waals surface area contributed by atoms with E-state index in [4.69, 9.17) is 73.2 Å². The zero-order valence-electron chi connectivity index (χ0n) is 70.2. The van der Waals surface area contributed by atoms with Crippen LogP contribution in [0.4, 0.5) is 0 Å². The molecular weight excluding hydrogens is 1690 g/mol. The van der Waals surface area contributed by atoms with Crippen molar-refractivity contribution in [3.63, 3.8) is 0 Å². The molecule has 0 fully saturated rings. The van der Waals surface area contributed by atoms with Gasteiger partial charge in [0.25, 0.3) is 0 Å². The summed E-state index contributed by atoms with van der Waals surface area (Å²) >= 11 is 2.34. The maximum absolute atomic E-state index is 12.1. The van der Waals surface area contributed by atoms with Crippen LogP contribution in [0.25, 0.3) is 88.7 Å². The number of benzene rings is 3. The summed E-state index contributed by atoms with van der Waals surface area (Å²) in [6, 6.07) is 61.8. The van der Waals surface area contributed by atoms with Crippen LogP contribution in [0.2, 0.25) is 0 Å². The van der Waals surface area contributed by atoms with E-state index in [1.54, 1.807) is 49.1 Å². The van der Waals surface area contributed by atoms with Gasteiger partial charge in [-0.25, -0.2) is 14.4 Å². The van der Waals surface area contributed by atoms with Crippen LogP contribution in [0.3, 0.4) is 0 Å². The Bertz CT molecular complexity index is 6670. The zero-order valence-corrected chi connectivity index (χ0v) is 72.4. The number of pyridine rings is 9. The molecule has 18 rings (SSSR count). The van der Waals surface area contributed by atoms with Crippen molar-refractivity contribution in [2.45, 2.75) is 78.9 Å². The number of rotatable bonds is 18. The van der Waals surface area contributed by atoms with Gasteiger partial charge < -0.3 is 57.4 Å². The summed E-state index contributed by atoms with van der Waals surface area (Å²) in [6.45, 7) is 17.9. The number of hydrogen-bond donors (Lipinski definition) is 3. The quantitative estimate of drug-likeness (QED) is 0.0408. The van der Waals surface area contributed by atoms with Gasteiger partial charge >= 0.3 is 43.9 Å². The van der Waals surface area contributed by atoms with Crippen LogP contribution in [0.5, 0.6) is 0 Å². The number of hydrogen-bond acceptors (Lipinski definition) is 23. The molecular formula is C95H82BILiN15O12. The van der Waals surface area contributed by atoms with E-state index in [0.29, 0.717) is 22.3 Å². The molecule has 0 aliphatic rings. The monoisotopic (exact) mass is 1770 g/mol. The maximum atomic E-state index is 12.1. The second-order valence-electron chi connectivity index (χ2n) is 29.5. The second-order valence-corrected chi connectivity index (χ2v) is 30.7. The number of halogens is 1. The smallest absolute Gasteiger partial charge is 0.870 e. The van der Waals surface area contributed by atoms with Crippen LogP contribution in [0.15, 0.2) is 288 Å². The maximum Gasteiger partial charge on any atom is 1.00 e. The Labute approximate surface area is 744 Å². The van der Waals surface area contributed by atoms with Crippen LogP contribution in [-0.2, 0) is 26.1 Å². The molecule has 15 heterocycles. The van der Waals surface area contributed by atoms with Crippen molar-refractivity contribution >= 4 is 86.2 Å². The Kier molecular flexibility index (Phi) is 26.8. The molecule has 0 aliphatic heterocycles. The topological polar surface area (TPSA) is 369 Å². The summed E-state index contributed by atoms with van der Waals surface area (Å²) in [4.78, 5) is 77.7. The third-order valence-corrected chi connectivity index (χ3v) is 22.7. The molecule has 4 N–H and O–H groups in total. The van der Waals surface area contributed by atoms with Gasteiger partial charge in [0.15, 0.2) is 0 Å². The second kappa shape index (κ2) is 37.7. The minimum absolute atomic E-state index is 0. The van der Waals surface area contributed by atoms with Crippen molar-refractivity contribution in [2.75, 3.05) is 14.2 Å². The summed E-state index contributed by atoms with van der Waals surface area (Å²) in [5.74, 6) is 0.432. The van der Waals surface area contributed by atoms with E-state index in [2.05, 4.69) is 108 Å². The van der Waals surface area contributed by atoms with E-state index >= 15 is 0 Å². The number of carboxylic acid groups (broad SMARTS) is 1. The molecule has 15 aromatic heterocycles. The summed E-state index contributed by atoms with van der Waals surface area (Å²) in [5.41, 5.74) is 21.2.